The summed E-state index contributed by atoms with van der Waals surface area (Å²) in [6, 6.07) is 0. The van der Waals surface area contributed by atoms with Crippen LogP contribution in [-0.4, -0.2) is 63.6 Å². The highest BCUT2D eigenvalue weighted by Gasteiger charge is 2.45. The van der Waals surface area contributed by atoms with Gasteiger partial charge < -0.3 is 4.90 Å². The Hall–Kier alpha value is -1.18. The van der Waals surface area contributed by atoms with Gasteiger partial charge in [0.05, 0.1) is 24.3 Å². The lowest BCUT2D eigenvalue weighted by atomic mass is 9.91. The zero-order valence-electron chi connectivity index (χ0n) is 16.3. The molecule has 138 valence electrons. The standard InChI is InChI=1S/C17H33N5O2/c1-14(2)9-21(12(23)16(5,6)19-14)11-18-22-10-15(3,4)20-17(7,8)13(22)24/h18-20H,9-11H2,1-8H3. The molecule has 2 aliphatic heterocycles. The van der Waals surface area contributed by atoms with Gasteiger partial charge in [0, 0.05) is 17.6 Å². The molecule has 0 bridgehead atoms. The minimum Gasteiger partial charge on any atom is -0.325 e. The monoisotopic (exact) mass is 339 g/mol. The van der Waals surface area contributed by atoms with E-state index in [1.54, 1.807) is 9.91 Å². The predicted molar refractivity (Wildman–Crippen MR) is 94.0 cm³/mol. The summed E-state index contributed by atoms with van der Waals surface area (Å²) in [7, 11) is 0. The second kappa shape index (κ2) is 5.68. The number of hydrogen-bond donors (Lipinski definition) is 3. The summed E-state index contributed by atoms with van der Waals surface area (Å²) >= 11 is 0. The first-order valence-electron chi connectivity index (χ1n) is 8.59. The van der Waals surface area contributed by atoms with Gasteiger partial charge in [-0.2, -0.15) is 0 Å². The van der Waals surface area contributed by atoms with Crippen LogP contribution in [0.2, 0.25) is 0 Å². The van der Waals surface area contributed by atoms with Gasteiger partial charge in [0.15, 0.2) is 0 Å². The van der Waals surface area contributed by atoms with Crippen molar-refractivity contribution in [2.45, 2.75) is 77.5 Å². The number of amides is 2. The third-order valence-electron chi connectivity index (χ3n) is 4.50. The predicted octanol–water partition coefficient (Wildman–Crippen LogP) is 0.427. The van der Waals surface area contributed by atoms with Gasteiger partial charge in [-0.15, -0.1) is 0 Å². The van der Waals surface area contributed by atoms with Crippen molar-refractivity contribution in [3.8, 4) is 0 Å². The van der Waals surface area contributed by atoms with Gasteiger partial charge >= 0.3 is 0 Å². The zero-order valence-corrected chi connectivity index (χ0v) is 16.3. The van der Waals surface area contributed by atoms with Crippen molar-refractivity contribution in [1.29, 1.82) is 0 Å². The summed E-state index contributed by atoms with van der Waals surface area (Å²) in [6.07, 6.45) is 0. The summed E-state index contributed by atoms with van der Waals surface area (Å²) in [4.78, 5) is 27.1. The summed E-state index contributed by atoms with van der Waals surface area (Å²) < 4.78 is 0. The maximum Gasteiger partial charge on any atom is 0.256 e. The number of rotatable bonds is 3. The molecular weight excluding hydrogens is 306 g/mol. The van der Waals surface area contributed by atoms with Gasteiger partial charge in [-0.1, -0.05) is 0 Å². The van der Waals surface area contributed by atoms with Gasteiger partial charge in [0.2, 0.25) is 5.91 Å². The van der Waals surface area contributed by atoms with Gasteiger partial charge in [-0.3, -0.25) is 25.2 Å². The van der Waals surface area contributed by atoms with Crippen LogP contribution in [0, 0.1) is 0 Å². The third kappa shape index (κ3) is 3.90. The average molecular weight is 339 g/mol. The molecule has 0 unspecified atom stereocenters. The highest BCUT2D eigenvalue weighted by atomic mass is 16.2. The van der Waals surface area contributed by atoms with Crippen molar-refractivity contribution in [2.24, 2.45) is 0 Å². The van der Waals surface area contributed by atoms with Crippen LogP contribution in [0.3, 0.4) is 0 Å². The van der Waals surface area contributed by atoms with E-state index in [1.807, 2.05) is 27.7 Å². The molecule has 0 aromatic rings. The number of piperazine rings is 2. The van der Waals surface area contributed by atoms with Gasteiger partial charge in [0.1, 0.15) is 0 Å². The summed E-state index contributed by atoms with van der Waals surface area (Å²) in [5, 5.41) is 8.38. The quantitative estimate of drug-likeness (QED) is 0.695. The number of nitrogens with zero attached hydrogens (tertiary/aromatic N) is 2. The van der Waals surface area contributed by atoms with Crippen LogP contribution in [-0.2, 0) is 9.59 Å². The third-order valence-corrected chi connectivity index (χ3v) is 4.50. The van der Waals surface area contributed by atoms with E-state index in [0.717, 1.165) is 0 Å². The molecule has 3 N–H and O–H groups in total. The first kappa shape index (κ1) is 19.1. The van der Waals surface area contributed by atoms with E-state index in [1.165, 1.54) is 0 Å². The topological polar surface area (TPSA) is 76.7 Å². The summed E-state index contributed by atoms with van der Waals surface area (Å²) in [5.41, 5.74) is 1.55. The molecule has 2 saturated heterocycles. The van der Waals surface area contributed by atoms with E-state index >= 15 is 0 Å². The highest BCUT2D eigenvalue weighted by molar-refractivity contribution is 5.87. The summed E-state index contributed by atoms with van der Waals surface area (Å²) in [6.45, 7) is 17.3. The molecule has 0 saturated carbocycles. The van der Waals surface area contributed by atoms with Gasteiger partial charge in [-0.05, 0) is 55.4 Å². The lowest BCUT2D eigenvalue weighted by Gasteiger charge is -2.50. The summed E-state index contributed by atoms with van der Waals surface area (Å²) in [5.74, 6) is 0.0263. The number of carbonyl (C=O) groups excluding carboxylic acids is 2. The molecular formula is C17H33N5O2. The van der Waals surface area contributed by atoms with Crippen molar-refractivity contribution in [1.82, 2.24) is 26.0 Å². The second-order valence-electron chi connectivity index (χ2n) is 9.48. The highest BCUT2D eigenvalue weighted by Crippen LogP contribution is 2.23. The lowest BCUT2D eigenvalue weighted by Crippen LogP contribution is -2.74. The molecule has 7 heteroatoms. The van der Waals surface area contributed by atoms with E-state index < -0.39 is 11.1 Å². The Labute approximate surface area is 145 Å². The van der Waals surface area contributed by atoms with Gasteiger partial charge in [0.25, 0.3) is 5.91 Å². The van der Waals surface area contributed by atoms with Crippen LogP contribution in [0.25, 0.3) is 0 Å². The van der Waals surface area contributed by atoms with Crippen molar-refractivity contribution in [3.05, 3.63) is 0 Å². The molecule has 2 amide bonds. The first-order chi connectivity index (χ1) is 10.7. The van der Waals surface area contributed by atoms with Crippen LogP contribution >= 0.6 is 0 Å². The van der Waals surface area contributed by atoms with E-state index in [-0.39, 0.29) is 22.9 Å². The zero-order chi connectivity index (χ0) is 18.6. The molecule has 0 aliphatic carbocycles. The SMILES string of the molecule is CC1(C)CN(CNN2CC(C)(C)NC(C)(C)C2=O)C(=O)C(C)(C)N1. The molecule has 2 rings (SSSR count). The van der Waals surface area contributed by atoms with E-state index in [4.69, 9.17) is 0 Å². The number of hydrogen-bond acceptors (Lipinski definition) is 5. The minimum absolute atomic E-state index is 0.0112. The molecule has 24 heavy (non-hydrogen) atoms. The van der Waals surface area contributed by atoms with Crippen molar-refractivity contribution in [2.75, 3.05) is 19.8 Å². The molecule has 2 aliphatic rings. The van der Waals surface area contributed by atoms with Crippen LogP contribution in [0.15, 0.2) is 0 Å². The second-order valence-corrected chi connectivity index (χ2v) is 9.48. The van der Waals surface area contributed by atoms with Crippen LogP contribution in [0.5, 0.6) is 0 Å². The van der Waals surface area contributed by atoms with Crippen molar-refractivity contribution >= 4 is 11.8 Å². The van der Waals surface area contributed by atoms with Crippen molar-refractivity contribution in [3.63, 3.8) is 0 Å². The minimum atomic E-state index is -0.638. The molecule has 0 spiro atoms. The van der Waals surface area contributed by atoms with Crippen LogP contribution < -0.4 is 16.1 Å². The lowest BCUT2D eigenvalue weighted by molar-refractivity contribution is -0.153. The fraction of sp³-hybridized carbons (Fsp3) is 0.882. The molecule has 0 radical (unpaired) electrons. The fourth-order valence-electron chi connectivity index (χ4n) is 4.05. The Bertz CT molecular complexity index is 491. The Morgan fingerprint density at radius 2 is 1.29 bits per heavy atom. The maximum absolute atomic E-state index is 12.7. The Morgan fingerprint density at radius 1 is 0.833 bits per heavy atom. The average Bonchev–Trinajstić information content (AvgIpc) is 2.34. The van der Waals surface area contributed by atoms with Crippen molar-refractivity contribution < 1.29 is 9.59 Å². The Balaban J connectivity index is 2.09. The number of nitrogens with one attached hydrogen (secondary N) is 3. The molecule has 2 fully saturated rings. The van der Waals surface area contributed by atoms with E-state index in [9.17, 15) is 9.59 Å². The molecule has 0 atom stereocenters. The number of carbonyl (C=O) groups is 2. The molecule has 0 aromatic heterocycles. The fourth-order valence-corrected chi connectivity index (χ4v) is 4.05. The first-order valence-corrected chi connectivity index (χ1v) is 8.59. The molecule has 7 nitrogen and oxygen atoms in total. The normalized spacial score (nSPS) is 28.2. The maximum atomic E-state index is 12.7. The largest absolute Gasteiger partial charge is 0.325 e. The van der Waals surface area contributed by atoms with Crippen LogP contribution in [0.1, 0.15) is 55.4 Å². The molecule has 2 heterocycles. The Kier molecular flexibility index (Phi) is 4.53. The van der Waals surface area contributed by atoms with Crippen LogP contribution in [0.4, 0.5) is 0 Å². The van der Waals surface area contributed by atoms with E-state index in [2.05, 4.69) is 43.8 Å². The number of hydrazine groups is 1. The van der Waals surface area contributed by atoms with E-state index in [0.29, 0.717) is 19.8 Å². The van der Waals surface area contributed by atoms with Gasteiger partial charge in [-0.25, -0.2) is 5.43 Å². The smallest absolute Gasteiger partial charge is 0.256 e. The molecule has 0 aromatic carbocycles. The Morgan fingerprint density at radius 3 is 1.83 bits per heavy atom.